The Morgan fingerprint density at radius 1 is 0.786 bits per heavy atom. The number of aromatic amines is 2. The molecule has 28 heavy (non-hydrogen) atoms. The fraction of sp³-hybridized carbons (Fsp3) is 0. The van der Waals surface area contributed by atoms with Crippen molar-refractivity contribution in [2.24, 2.45) is 0 Å². The minimum absolute atomic E-state index is 0.00937. The van der Waals surface area contributed by atoms with Crippen LogP contribution in [0.2, 0.25) is 0 Å². The van der Waals surface area contributed by atoms with Gasteiger partial charge in [-0.3, -0.25) is 24.1 Å². The highest BCUT2D eigenvalue weighted by atomic mass is 32.2. The molecule has 4 rings (SSSR count). The molecule has 1 aliphatic carbocycles. The molecule has 0 aliphatic heterocycles. The van der Waals surface area contributed by atoms with E-state index in [4.69, 9.17) is 0 Å². The van der Waals surface area contributed by atoms with Crippen LogP contribution in [0.5, 0.6) is 0 Å². The average molecular weight is 397 g/mol. The van der Waals surface area contributed by atoms with Crippen molar-refractivity contribution in [1.82, 2.24) is 9.97 Å². The number of hydrogen-bond donors (Lipinski definition) is 3. The molecule has 0 bridgehead atoms. The summed E-state index contributed by atoms with van der Waals surface area (Å²) in [5, 5.41) is 0. The van der Waals surface area contributed by atoms with E-state index in [1.807, 2.05) is 4.98 Å². The SMILES string of the molecule is O=C1c2ccccc2C(=O)c2cc(NS(=O)(=O)c3c[nH]c(=O)[nH]c3=O)ccc21. The first kappa shape index (κ1) is 17.6. The number of carbonyl (C=O) groups excluding carboxylic acids is 2. The minimum atomic E-state index is -4.34. The van der Waals surface area contributed by atoms with E-state index in [-0.39, 0.29) is 33.7 Å². The van der Waals surface area contributed by atoms with Crippen molar-refractivity contribution in [3.8, 4) is 0 Å². The van der Waals surface area contributed by atoms with Gasteiger partial charge in [0.15, 0.2) is 16.5 Å². The van der Waals surface area contributed by atoms with E-state index in [0.717, 1.165) is 6.20 Å². The quantitative estimate of drug-likeness (QED) is 0.462. The van der Waals surface area contributed by atoms with Gasteiger partial charge in [0.2, 0.25) is 0 Å². The van der Waals surface area contributed by atoms with E-state index < -0.39 is 32.0 Å². The molecule has 1 heterocycles. The Hall–Kier alpha value is -3.79. The van der Waals surface area contributed by atoms with E-state index in [1.165, 1.54) is 24.3 Å². The molecule has 0 atom stereocenters. The Labute approximate surface area is 157 Å². The molecule has 10 heteroatoms. The summed E-state index contributed by atoms with van der Waals surface area (Å²) >= 11 is 0. The summed E-state index contributed by atoms with van der Waals surface area (Å²) in [7, 11) is -4.34. The van der Waals surface area contributed by atoms with E-state index >= 15 is 0 Å². The van der Waals surface area contributed by atoms with Gasteiger partial charge in [-0.25, -0.2) is 13.2 Å². The lowest BCUT2D eigenvalue weighted by Gasteiger charge is -2.18. The number of carbonyl (C=O) groups is 2. The summed E-state index contributed by atoms with van der Waals surface area (Å²) in [6.07, 6.45) is 0.771. The number of sulfonamides is 1. The maximum atomic E-state index is 12.7. The van der Waals surface area contributed by atoms with Crippen molar-refractivity contribution in [2.45, 2.75) is 4.90 Å². The molecule has 2 aromatic carbocycles. The second-order valence-corrected chi connectivity index (χ2v) is 7.66. The third kappa shape index (κ3) is 2.76. The normalized spacial score (nSPS) is 13.0. The molecule has 1 aliphatic rings. The molecule has 9 nitrogen and oxygen atoms in total. The topological polar surface area (TPSA) is 146 Å². The van der Waals surface area contributed by atoms with Crippen molar-refractivity contribution in [2.75, 3.05) is 4.72 Å². The first-order chi connectivity index (χ1) is 13.3. The summed E-state index contributed by atoms with van der Waals surface area (Å²) in [5.41, 5.74) is -1.21. The van der Waals surface area contributed by atoms with Gasteiger partial charge in [0, 0.05) is 34.1 Å². The predicted octanol–water partition coefficient (Wildman–Crippen LogP) is 0.639. The Kier molecular flexibility index (Phi) is 3.86. The summed E-state index contributed by atoms with van der Waals surface area (Å²) in [6.45, 7) is 0. The van der Waals surface area contributed by atoms with E-state index in [2.05, 4.69) is 9.71 Å². The molecule has 3 N–H and O–H groups in total. The molecule has 0 saturated heterocycles. The molecular formula is C18H11N3O6S. The fourth-order valence-electron chi connectivity index (χ4n) is 2.97. The Balaban J connectivity index is 1.76. The van der Waals surface area contributed by atoms with Gasteiger partial charge in [-0.2, -0.15) is 0 Å². The lowest BCUT2D eigenvalue weighted by atomic mass is 9.84. The zero-order chi connectivity index (χ0) is 20.1. The largest absolute Gasteiger partial charge is 0.325 e. The van der Waals surface area contributed by atoms with Gasteiger partial charge >= 0.3 is 5.69 Å². The van der Waals surface area contributed by atoms with Gasteiger partial charge in [0.1, 0.15) is 0 Å². The predicted molar refractivity (Wildman–Crippen MR) is 98.2 cm³/mol. The van der Waals surface area contributed by atoms with Gasteiger partial charge in [-0.1, -0.05) is 24.3 Å². The number of anilines is 1. The van der Waals surface area contributed by atoms with Crippen molar-refractivity contribution in [3.63, 3.8) is 0 Å². The van der Waals surface area contributed by atoms with Crippen LogP contribution in [-0.2, 0) is 10.0 Å². The number of aromatic nitrogens is 2. The zero-order valence-corrected chi connectivity index (χ0v) is 14.8. The van der Waals surface area contributed by atoms with Crippen LogP contribution < -0.4 is 16.0 Å². The maximum Gasteiger partial charge on any atom is 0.325 e. The third-order valence-corrected chi connectivity index (χ3v) is 5.64. The van der Waals surface area contributed by atoms with Crippen LogP contribution in [0.15, 0.2) is 63.1 Å². The summed E-state index contributed by atoms with van der Waals surface area (Å²) in [5.74, 6) is -0.746. The number of nitrogens with one attached hydrogen (secondary N) is 3. The Morgan fingerprint density at radius 2 is 1.39 bits per heavy atom. The number of rotatable bonds is 3. The minimum Gasteiger partial charge on any atom is -0.313 e. The van der Waals surface area contributed by atoms with Crippen molar-refractivity contribution < 1.29 is 18.0 Å². The second-order valence-electron chi connectivity index (χ2n) is 6.01. The first-order valence-corrected chi connectivity index (χ1v) is 9.43. The number of hydrogen-bond acceptors (Lipinski definition) is 6. The van der Waals surface area contributed by atoms with Crippen LogP contribution >= 0.6 is 0 Å². The molecule has 0 radical (unpaired) electrons. The Bertz CT molecular complexity index is 1380. The van der Waals surface area contributed by atoms with Crippen LogP contribution in [0, 0.1) is 0 Å². The van der Waals surface area contributed by atoms with Crippen LogP contribution in [0.4, 0.5) is 5.69 Å². The second kappa shape index (κ2) is 6.13. The number of benzene rings is 2. The molecular weight excluding hydrogens is 386 g/mol. The highest BCUT2D eigenvalue weighted by Gasteiger charge is 2.30. The average Bonchev–Trinajstić information content (AvgIpc) is 2.65. The van der Waals surface area contributed by atoms with E-state index in [9.17, 15) is 27.6 Å². The zero-order valence-electron chi connectivity index (χ0n) is 14.0. The molecule has 1 aromatic heterocycles. The van der Waals surface area contributed by atoms with Crippen molar-refractivity contribution >= 4 is 27.3 Å². The molecule has 0 unspecified atom stereocenters. The number of ketones is 2. The van der Waals surface area contributed by atoms with Gasteiger partial charge in [-0.05, 0) is 18.2 Å². The van der Waals surface area contributed by atoms with Crippen LogP contribution in [-0.4, -0.2) is 30.0 Å². The molecule has 0 amide bonds. The van der Waals surface area contributed by atoms with Crippen molar-refractivity contribution in [1.29, 1.82) is 0 Å². The summed E-state index contributed by atoms with van der Waals surface area (Å²) in [4.78, 5) is 51.3. The lowest BCUT2D eigenvalue weighted by Crippen LogP contribution is -2.29. The van der Waals surface area contributed by atoms with Gasteiger partial charge in [0.25, 0.3) is 15.6 Å². The fourth-order valence-corrected chi connectivity index (χ4v) is 4.03. The maximum absolute atomic E-state index is 12.7. The lowest BCUT2D eigenvalue weighted by molar-refractivity contribution is 0.0979. The van der Waals surface area contributed by atoms with Gasteiger partial charge in [0.05, 0.1) is 0 Å². The molecule has 0 saturated carbocycles. The summed E-state index contributed by atoms with van der Waals surface area (Å²) < 4.78 is 27.1. The summed E-state index contributed by atoms with van der Waals surface area (Å²) in [6, 6.07) is 10.3. The van der Waals surface area contributed by atoms with Crippen LogP contribution in [0.3, 0.4) is 0 Å². The standard InChI is InChI=1S/C18H11N3O6S/c22-15-10-3-1-2-4-11(10)16(23)13-7-9(5-6-12(13)15)21-28(26,27)14-8-19-18(25)20-17(14)24/h1-8,21H,(H2,19,20,24,25). The number of H-pyrrole nitrogens is 2. The highest BCUT2D eigenvalue weighted by Crippen LogP contribution is 2.29. The van der Waals surface area contributed by atoms with Crippen molar-refractivity contribution in [3.05, 3.63) is 91.8 Å². The van der Waals surface area contributed by atoms with E-state index in [0.29, 0.717) is 0 Å². The van der Waals surface area contributed by atoms with Gasteiger partial charge in [-0.15, -0.1) is 0 Å². The monoisotopic (exact) mass is 397 g/mol. The molecule has 0 spiro atoms. The van der Waals surface area contributed by atoms with Gasteiger partial charge < -0.3 is 4.98 Å². The molecule has 140 valence electrons. The Morgan fingerprint density at radius 3 is 2.04 bits per heavy atom. The highest BCUT2D eigenvalue weighted by molar-refractivity contribution is 7.92. The first-order valence-electron chi connectivity index (χ1n) is 7.95. The van der Waals surface area contributed by atoms with Crippen LogP contribution in [0.25, 0.3) is 0 Å². The molecule has 0 fully saturated rings. The number of fused-ring (bicyclic) bond motifs is 2. The third-order valence-electron chi connectivity index (χ3n) is 4.25. The van der Waals surface area contributed by atoms with E-state index in [1.54, 1.807) is 18.2 Å². The van der Waals surface area contributed by atoms with Crippen LogP contribution in [0.1, 0.15) is 31.8 Å². The smallest absolute Gasteiger partial charge is 0.313 e. The molecule has 3 aromatic rings.